The number of esters is 3. The second-order valence-electron chi connectivity index (χ2n) is 16.0. The maximum atomic E-state index is 12.7. The largest absolute Gasteiger partial charge is 0.462 e. The number of allylic oxidation sites excluding steroid dienone is 10. The summed E-state index contributed by atoms with van der Waals surface area (Å²) in [6, 6.07) is 0. The second-order valence-corrected chi connectivity index (χ2v) is 16.0. The van der Waals surface area contributed by atoms with Crippen LogP contribution in [0.2, 0.25) is 0 Å². The van der Waals surface area contributed by atoms with Gasteiger partial charge in [-0.2, -0.15) is 0 Å². The van der Waals surface area contributed by atoms with Crippen LogP contribution in [0.1, 0.15) is 233 Å². The van der Waals surface area contributed by atoms with Crippen molar-refractivity contribution in [2.45, 2.75) is 239 Å². The van der Waals surface area contributed by atoms with Crippen molar-refractivity contribution in [2.24, 2.45) is 0 Å². The molecule has 0 bridgehead atoms. The summed E-state index contributed by atoms with van der Waals surface area (Å²) in [5, 5.41) is 0. The van der Waals surface area contributed by atoms with Crippen LogP contribution in [0, 0.1) is 0 Å². The summed E-state index contributed by atoms with van der Waals surface area (Å²) in [5.41, 5.74) is 0. The first-order valence-electron chi connectivity index (χ1n) is 24.3. The normalized spacial score (nSPS) is 12.5. The minimum Gasteiger partial charge on any atom is -0.462 e. The molecule has 58 heavy (non-hydrogen) atoms. The van der Waals surface area contributed by atoms with Gasteiger partial charge in [-0.05, 0) is 96.3 Å². The van der Waals surface area contributed by atoms with Gasteiger partial charge in [-0.25, -0.2) is 0 Å². The van der Waals surface area contributed by atoms with Crippen LogP contribution >= 0.6 is 0 Å². The van der Waals surface area contributed by atoms with Gasteiger partial charge in [0.2, 0.25) is 0 Å². The van der Waals surface area contributed by atoms with Crippen LogP contribution in [-0.4, -0.2) is 37.2 Å². The Morgan fingerprint density at radius 2 is 0.690 bits per heavy atom. The minimum absolute atomic E-state index is 0.101. The first kappa shape index (κ1) is 55.1. The predicted octanol–water partition coefficient (Wildman–Crippen LogP) is 15.7. The van der Waals surface area contributed by atoms with Gasteiger partial charge in [-0.15, -0.1) is 0 Å². The lowest BCUT2D eigenvalue weighted by Crippen LogP contribution is -2.30. The molecule has 0 fully saturated rings. The van der Waals surface area contributed by atoms with Crippen LogP contribution in [0.3, 0.4) is 0 Å². The average Bonchev–Trinajstić information content (AvgIpc) is 3.22. The highest BCUT2D eigenvalue weighted by Crippen LogP contribution is 2.13. The fourth-order valence-electron chi connectivity index (χ4n) is 6.57. The maximum absolute atomic E-state index is 12.7. The highest BCUT2D eigenvalue weighted by Gasteiger charge is 2.19. The Bertz CT molecular complexity index is 1070. The third kappa shape index (κ3) is 44.2. The van der Waals surface area contributed by atoms with Gasteiger partial charge in [0.15, 0.2) is 6.10 Å². The lowest BCUT2D eigenvalue weighted by Gasteiger charge is -2.18. The Kier molecular flexibility index (Phi) is 44.5. The van der Waals surface area contributed by atoms with Crippen LogP contribution in [0.5, 0.6) is 0 Å². The molecule has 0 radical (unpaired) electrons. The van der Waals surface area contributed by atoms with E-state index in [0.717, 1.165) is 64.2 Å². The Morgan fingerprint density at radius 3 is 1.19 bits per heavy atom. The quantitative estimate of drug-likeness (QED) is 0.0264. The predicted molar refractivity (Wildman–Crippen MR) is 247 cm³/mol. The summed E-state index contributed by atoms with van der Waals surface area (Å²) < 4.78 is 16.6. The fourth-order valence-corrected chi connectivity index (χ4v) is 6.57. The molecule has 0 rings (SSSR count). The Hall–Kier alpha value is -2.89. The van der Waals surface area contributed by atoms with E-state index in [-0.39, 0.29) is 37.5 Å². The molecule has 0 aromatic carbocycles. The molecular formula is C52H90O6. The molecule has 0 aromatic rings. The van der Waals surface area contributed by atoms with Crippen molar-refractivity contribution >= 4 is 17.9 Å². The Labute approximate surface area is 358 Å². The lowest BCUT2D eigenvalue weighted by molar-refractivity contribution is -0.167. The highest BCUT2D eigenvalue weighted by molar-refractivity contribution is 5.71. The summed E-state index contributed by atoms with van der Waals surface area (Å²) in [4.78, 5) is 37.7. The molecule has 0 aliphatic heterocycles. The molecule has 0 N–H and O–H groups in total. The van der Waals surface area contributed by atoms with E-state index < -0.39 is 6.10 Å². The Balaban J connectivity index is 4.35. The third-order valence-electron chi connectivity index (χ3n) is 10.2. The molecular weight excluding hydrogens is 721 g/mol. The zero-order valence-electron chi connectivity index (χ0n) is 38.0. The molecule has 1 unspecified atom stereocenters. The van der Waals surface area contributed by atoms with Crippen LogP contribution < -0.4 is 0 Å². The second kappa shape index (κ2) is 46.8. The highest BCUT2D eigenvalue weighted by atomic mass is 16.6. The van der Waals surface area contributed by atoms with E-state index in [1.54, 1.807) is 0 Å². The summed E-state index contributed by atoms with van der Waals surface area (Å²) >= 11 is 0. The van der Waals surface area contributed by atoms with Crippen molar-refractivity contribution in [1.29, 1.82) is 0 Å². The minimum atomic E-state index is -0.803. The Morgan fingerprint density at radius 1 is 0.362 bits per heavy atom. The number of hydrogen-bond donors (Lipinski definition) is 0. The van der Waals surface area contributed by atoms with Crippen molar-refractivity contribution in [3.63, 3.8) is 0 Å². The van der Waals surface area contributed by atoms with Crippen LogP contribution in [0.15, 0.2) is 60.8 Å². The van der Waals surface area contributed by atoms with Crippen molar-refractivity contribution in [1.82, 2.24) is 0 Å². The molecule has 6 heteroatoms. The summed E-state index contributed by atoms with van der Waals surface area (Å²) in [7, 11) is 0. The van der Waals surface area contributed by atoms with Crippen LogP contribution in [-0.2, 0) is 28.6 Å². The number of ether oxygens (including phenoxy) is 3. The van der Waals surface area contributed by atoms with Crippen molar-refractivity contribution in [3.05, 3.63) is 60.8 Å². The molecule has 0 saturated carbocycles. The van der Waals surface area contributed by atoms with Gasteiger partial charge >= 0.3 is 17.9 Å². The van der Waals surface area contributed by atoms with Gasteiger partial charge in [-0.1, -0.05) is 178 Å². The van der Waals surface area contributed by atoms with E-state index in [4.69, 9.17) is 14.2 Å². The van der Waals surface area contributed by atoms with Crippen LogP contribution in [0.4, 0.5) is 0 Å². The number of carbonyl (C=O) groups is 3. The van der Waals surface area contributed by atoms with E-state index in [1.165, 1.54) is 116 Å². The molecule has 0 saturated heterocycles. The SMILES string of the molecule is CC/C=C\C/C=C\C/C=C\CCCCC(=O)OC(COC(=O)CCC/C=C\CCCCCC)COC(=O)CCCCCCCCC/C=C\CCCCCCCCCC. The van der Waals surface area contributed by atoms with Gasteiger partial charge < -0.3 is 14.2 Å². The van der Waals surface area contributed by atoms with Gasteiger partial charge in [0.1, 0.15) is 13.2 Å². The van der Waals surface area contributed by atoms with Crippen molar-refractivity contribution < 1.29 is 28.6 Å². The summed E-state index contributed by atoms with van der Waals surface area (Å²) in [6.07, 6.45) is 56.5. The van der Waals surface area contributed by atoms with E-state index in [1.807, 2.05) is 0 Å². The van der Waals surface area contributed by atoms with Crippen LogP contribution in [0.25, 0.3) is 0 Å². The molecule has 1 atom stereocenters. The van der Waals surface area contributed by atoms with Crippen molar-refractivity contribution in [2.75, 3.05) is 13.2 Å². The fraction of sp³-hybridized carbons (Fsp3) is 0.750. The van der Waals surface area contributed by atoms with Crippen molar-refractivity contribution in [3.8, 4) is 0 Å². The van der Waals surface area contributed by atoms with E-state index in [0.29, 0.717) is 25.7 Å². The zero-order valence-corrected chi connectivity index (χ0v) is 38.0. The monoisotopic (exact) mass is 811 g/mol. The number of carbonyl (C=O) groups excluding carboxylic acids is 3. The number of unbranched alkanes of at least 4 members (excludes halogenated alkanes) is 22. The van der Waals surface area contributed by atoms with Gasteiger partial charge in [0.25, 0.3) is 0 Å². The smallest absolute Gasteiger partial charge is 0.306 e. The standard InChI is InChI=1S/C52H90O6/c1-4-7-10-13-16-19-21-23-24-25-26-27-28-29-31-33-36-39-42-45-51(54)57-48-49(47-56-50(53)44-41-38-35-32-18-15-12-9-6-3)58-52(55)46-43-40-37-34-30-22-20-17-14-11-8-5-2/h8,11,17,20,25-26,30,32,34-35,49H,4-7,9-10,12-16,18-19,21-24,27-29,31,33,36-48H2,1-3H3/b11-8-,20-17-,26-25-,34-30-,35-32-. The molecule has 0 aliphatic carbocycles. The molecule has 0 aliphatic rings. The first-order valence-corrected chi connectivity index (χ1v) is 24.3. The molecule has 0 aromatic heterocycles. The third-order valence-corrected chi connectivity index (χ3v) is 10.2. The van der Waals surface area contributed by atoms with E-state index in [2.05, 4.69) is 81.5 Å². The molecule has 0 heterocycles. The van der Waals surface area contributed by atoms with Gasteiger partial charge in [0, 0.05) is 19.3 Å². The average molecular weight is 811 g/mol. The lowest BCUT2D eigenvalue weighted by atomic mass is 10.1. The molecule has 334 valence electrons. The van der Waals surface area contributed by atoms with E-state index in [9.17, 15) is 14.4 Å². The molecule has 0 amide bonds. The van der Waals surface area contributed by atoms with Gasteiger partial charge in [-0.3, -0.25) is 14.4 Å². The number of rotatable bonds is 43. The summed E-state index contributed by atoms with van der Waals surface area (Å²) in [5.74, 6) is -0.983. The number of hydrogen-bond acceptors (Lipinski definition) is 6. The van der Waals surface area contributed by atoms with E-state index >= 15 is 0 Å². The molecule has 6 nitrogen and oxygen atoms in total. The molecule has 0 spiro atoms. The maximum Gasteiger partial charge on any atom is 0.306 e. The topological polar surface area (TPSA) is 78.9 Å². The zero-order chi connectivity index (χ0) is 42.3. The van der Waals surface area contributed by atoms with Gasteiger partial charge in [0.05, 0.1) is 0 Å². The first-order chi connectivity index (χ1) is 28.5. The summed E-state index contributed by atoms with van der Waals surface area (Å²) in [6.45, 7) is 6.42.